The fraction of sp³-hybridized carbons (Fsp3) is 0.111. The standard InChI is InChI=1S/C18H14FN5O3S/c1-8-5-14(24-23-8)21-16-13(28-18(26)22-16)7-11-10-6-9(19)3-4-12(10)20-15(11)17(25)27-2/h3-7H,1-2H3,(H,22,26)(H2,21,23,24)/b11-7+. The molecule has 8 nitrogen and oxygen atoms in total. The number of aliphatic imine (C=N–C) groups is 1. The van der Waals surface area contributed by atoms with E-state index in [9.17, 15) is 14.0 Å². The van der Waals surface area contributed by atoms with E-state index in [1.165, 1.54) is 25.3 Å². The number of aromatic amines is 2. The third kappa shape index (κ3) is 3.25. The first kappa shape index (κ1) is 17.9. The molecule has 3 heterocycles. The van der Waals surface area contributed by atoms with Crippen molar-refractivity contribution in [3.63, 3.8) is 0 Å². The Kier molecular flexibility index (Phi) is 4.40. The summed E-state index contributed by atoms with van der Waals surface area (Å²) in [7, 11) is 1.24. The van der Waals surface area contributed by atoms with E-state index in [4.69, 9.17) is 4.74 Å². The molecule has 4 rings (SSSR count). The molecule has 3 aromatic rings. The summed E-state index contributed by atoms with van der Waals surface area (Å²) < 4.78 is 18.6. The highest BCUT2D eigenvalue weighted by molar-refractivity contribution is 7.10. The molecule has 0 bridgehead atoms. The Hall–Kier alpha value is -3.53. The quantitative estimate of drug-likeness (QED) is 0.584. The summed E-state index contributed by atoms with van der Waals surface area (Å²) in [5, 5.41) is 9.89. The smallest absolute Gasteiger partial charge is 0.357 e. The number of esters is 1. The Bertz CT molecular complexity index is 1200. The number of benzene rings is 1. The van der Waals surface area contributed by atoms with Crippen LogP contribution >= 0.6 is 11.3 Å². The summed E-state index contributed by atoms with van der Waals surface area (Å²) >= 11 is 0.939. The fourth-order valence-electron chi connectivity index (χ4n) is 2.80. The van der Waals surface area contributed by atoms with Crippen molar-refractivity contribution in [3.8, 4) is 0 Å². The Morgan fingerprint density at radius 3 is 2.89 bits per heavy atom. The number of hydrogen-bond acceptors (Lipinski definition) is 7. The van der Waals surface area contributed by atoms with Crippen LogP contribution in [0.1, 0.15) is 16.1 Å². The van der Waals surface area contributed by atoms with Crippen LogP contribution in [0.25, 0.3) is 11.6 Å². The van der Waals surface area contributed by atoms with Crippen molar-refractivity contribution in [1.29, 1.82) is 0 Å². The van der Waals surface area contributed by atoms with Gasteiger partial charge in [0, 0.05) is 22.9 Å². The molecule has 0 unspecified atom stereocenters. The fourth-order valence-corrected chi connectivity index (χ4v) is 3.54. The zero-order valence-corrected chi connectivity index (χ0v) is 15.6. The maximum atomic E-state index is 13.8. The molecule has 142 valence electrons. The second-order valence-electron chi connectivity index (χ2n) is 5.99. The molecule has 1 aliphatic rings. The van der Waals surface area contributed by atoms with Crippen molar-refractivity contribution in [1.82, 2.24) is 15.2 Å². The van der Waals surface area contributed by atoms with Gasteiger partial charge < -0.3 is 10.1 Å². The first-order valence-corrected chi connectivity index (χ1v) is 8.97. The summed E-state index contributed by atoms with van der Waals surface area (Å²) in [5.41, 5.74) is 2.17. The summed E-state index contributed by atoms with van der Waals surface area (Å²) in [6.45, 7) is 1.85. The van der Waals surface area contributed by atoms with Crippen LogP contribution in [-0.4, -0.2) is 34.0 Å². The molecule has 10 heteroatoms. The number of thiazole rings is 1. The second kappa shape index (κ2) is 6.89. The largest absolute Gasteiger partial charge is 0.464 e. The number of rotatable bonds is 4. The van der Waals surface area contributed by atoms with Gasteiger partial charge in [-0.25, -0.2) is 14.2 Å². The molecule has 0 atom stereocenters. The van der Waals surface area contributed by atoms with E-state index >= 15 is 0 Å². The summed E-state index contributed by atoms with van der Waals surface area (Å²) in [5.74, 6) is -0.185. The van der Waals surface area contributed by atoms with Crippen molar-refractivity contribution in [3.05, 3.63) is 55.9 Å². The van der Waals surface area contributed by atoms with Crippen molar-refractivity contribution in [2.45, 2.75) is 6.92 Å². The van der Waals surface area contributed by atoms with E-state index in [-0.39, 0.29) is 10.6 Å². The molecular weight excluding hydrogens is 385 g/mol. The van der Waals surface area contributed by atoms with Gasteiger partial charge in [-0.2, -0.15) is 5.10 Å². The number of carbonyl (C=O) groups excluding carboxylic acids is 1. The van der Waals surface area contributed by atoms with E-state index in [0.717, 1.165) is 17.0 Å². The number of methoxy groups -OCH3 is 1. The number of halogens is 1. The summed E-state index contributed by atoms with van der Waals surface area (Å²) in [4.78, 5) is 31.3. The lowest BCUT2D eigenvalue weighted by atomic mass is 10.0. The van der Waals surface area contributed by atoms with E-state index in [0.29, 0.717) is 33.3 Å². The van der Waals surface area contributed by atoms with Crippen LogP contribution < -0.4 is 10.2 Å². The van der Waals surface area contributed by atoms with Crippen molar-refractivity contribution in [2.75, 3.05) is 12.4 Å². The molecule has 0 fully saturated rings. The van der Waals surface area contributed by atoms with Gasteiger partial charge in [-0.15, -0.1) is 0 Å². The van der Waals surface area contributed by atoms with Gasteiger partial charge in [-0.05, 0) is 31.2 Å². The number of H-pyrrole nitrogens is 2. The number of aromatic nitrogens is 3. The molecule has 3 N–H and O–H groups in total. The van der Waals surface area contributed by atoms with Crippen LogP contribution in [0, 0.1) is 12.7 Å². The van der Waals surface area contributed by atoms with Crippen LogP contribution in [0.3, 0.4) is 0 Å². The molecule has 0 radical (unpaired) electrons. The predicted molar refractivity (Wildman–Crippen MR) is 105 cm³/mol. The molecule has 0 saturated carbocycles. The number of fused-ring (bicyclic) bond motifs is 1. The van der Waals surface area contributed by atoms with E-state index in [1.54, 1.807) is 12.1 Å². The third-order valence-electron chi connectivity index (χ3n) is 4.03. The maximum absolute atomic E-state index is 13.8. The van der Waals surface area contributed by atoms with Gasteiger partial charge in [0.25, 0.3) is 0 Å². The van der Waals surface area contributed by atoms with Crippen LogP contribution in [0.2, 0.25) is 0 Å². The zero-order chi connectivity index (χ0) is 19.8. The minimum atomic E-state index is -0.650. The monoisotopic (exact) mass is 399 g/mol. The van der Waals surface area contributed by atoms with Gasteiger partial charge in [-0.3, -0.25) is 14.9 Å². The lowest BCUT2D eigenvalue weighted by molar-refractivity contribution is -0.132. The molecule has 1 aromatic carbocycles. The normalized spacial score (nSPS) is 14.1. The molecule has 0 aliphatic carbocycles. The highest BCUT2D eigenvalue weighted by Gasteiger charge is 2.28. The summed E-state index contributed by atoms with van der Waals surface area (Å²) in [6, 6.07) is 5.82. The van der Waals surface area contributed by atoms with E-state index in [1.807, 2.05) is 6.92 Å². The van der Waals surface area contributed by atoms with Crippen LogP contribution in [0.4, 0.5) is 21.7 Å². The SMILES string of the molecule is COC(=O)C1=Nc2ccc(F)cc2/C1=C\c1sc(=O)[nH]c1Nc1cc(C)[nH]n1. The second-order valence-corrected chi connectivity index (χ2v) is 7.00. The Morgan fingerprint density at radius 1 is 1.36 bits per heavy atom. The lowest BCUT2D eigenvalue weighted by Crippen LogP contribution is -2.14. The molecule has 28 heavy (non-hydrogen) atoms. The first-order chi connectivity index (χ1) is 13.4. The van der Waals surface area contributed by atoms with Gasteiger partial charge in [-0.1, -0.05) is 11.3 Å². The molecule has 2 aromatic heterocycles. The lowest BCUT2D eigenvalue weighted by Gasteiger charge is -2.05. The molecule has 0 saturated heterocycles. The van der Waals surface area contributed by atoms with Gasteiger partial charge in [0.15, 0.2) is 11.5 Å². The number of ether oxygens (including phenoxy) is 1. The number of nitrogens with one attached hydrogen (secondary N) is 3. The first-order valence-electron chi connectivity index (χ1n) is 8.16. The average molecular weight is 399 g/mol. The van der Waals surface area contributed by atoms with Gasteiger partial charge in [0.2, 0.25) is 0 Å². The number of anilines is 2. The Morgan fingerprint density at radius 2 is 2.18 bits per heavy atom. The highest BCUT2D eigenvalue weighted by atomic mass is 32.1. The minimum absolute atomic E-state index is 0.0468. The van der Waals surface area contributed by atoms with E-state index in [2.05, 4.69) is 25.5 Å². The predicted octanol–water partition coefficient (Wildman–Crippen LogP) is 3.15. The highest BCUT2D eigenvalue weighted by Crippen LogP contribution is 2.38. The van der Waals surface area contributed by atoms with Crippen LogP contribution in [-0.2, 0) is 9.53 Å². The zero-order valence-electron chi connectivity index (χ0n) is 14.8. The van der Waals surface area contributed by atoms with E-state index < -0.39 is 11.8 Å². The van der Waals surface area contributed by atoms with Gasteiger partial charge in [0.1, 0.15) is 11.6 Å². The van der Waals surface area contributed by atoms with Gasteiger partial charge in [0.05, 0.1) is 17.7 Å². The van der Waals surface area contributed by atoms with Crippen molar-refractivity contribution in [2.24, 2.45) is 4.99 Å². The van der Waals surface area contributed by atoms with Crippen LogP contribution in [0.5, 0.6) is 0 Å². The van der Waals surface area contributed by atoms with Crippen molar-refractivity contribution >= 4 is 52.0 Å². The average Bonchev–Trinajstić information content (AvgIpc) is 3.33. The minimum Gasteiger partial charge on any atom is -0.464 e. The molecule has 1 aliphatic heterocycles. The summed E-state index contributed by atoms with van der Waals surface area (Å²) in [6.07, 6.45) is 1.60. The Balaban J connectivity index is 1.81. The van der Waals surface area contributed by atoms with Crippen molar-refractivity contribution < 1.29 is 13.9 Å². The van der Waals surface area contributed by atoms with Crippen LogP contribution in [0.15, 0.2) is 34.1 Å². The molecular formula is C18H14FN5O3S. The molecule has 0 spiro atoms. The number of nitrogens with zero attached hydrogens (tertiary/aromatic N) is 2. The topological polar surface area (TPSA) is 112 Å². The number of hydrogen-bond donors (Lipinski definition) is 3. The maximum Gasteiger partial charge on any atom is 0.357 e. The third-order valence-corrected chi connectivity index (χ3v) is 4.85. The number of carbonyl (C=O) groups is 1. The molecule has 0 amide bonds. The Labute approximate surface area is 161 Å². The van der Waals surface area contributed by atoms with Gasteiger partial charge >= 0.3 is 10.8 Å². The number of aryl methyl sites for hydroxylation is 1.